The van der Waals surface area contributed by atoms with Crippen LogP contribution >= 0.6 is 27.5 Å². The third-order valence-corrected chi connectivity index (χ3v) is 5.44. The summed E-state index contributed by atoms with van der Waals surface area (Å²) in [5.74, 6) is -0.905. The SMILES string of the molecule is O=S(=O)(Nc1cccc(Cl)c1Br)c1cc(CO)ccc1F. The van der Waals surface area contributed by atoms with E-state index in [-0.39, 0.29) is 12.3 Å². The van der Waals surface area contributed by atoms with Crippen molar-refractivity contribution in [1.29, 1.82) is 0 Å². The molecule has 0 heterocycles. The van der Waals surface area contributed by atoms with Gasteiger partial charge in [-0.3, -0.25) is 4.72 Å². The molecule has 21 heavy (non-hydrogen) atoms. The highest BCUT2D eigenvalue weighted by atomic mass is 79.9. The quantitative estimate of drug-likeness (QED) is 0.833. The van der Waals surface area contributed by atoms with Crippen LogP contribution in [-0.4, -0.2) is 13.5 Å². The molecule has 0 amide bonds. The molecule has 0 unspecified atom stereocenters. The number of halogens is 3. The molecule has 8 heteroatoms. The van der Waals surface area contributed by atoms with Crippen LogP contribution in [0.15, 0.2) is 45.8 Å². The molecule has 2 aromatic rings. The third-order valence-electron chi connectivity index (χ3n) is 2.66. The van der Waals surface area contributed by atoms with Crippen molar-refractivity contribution in [3.8, 4) is 0 Å². The highest BCUT2D eigenvalue weighted by Crippen LogP contribution is 2.32. The van der Waals surface area contributed by atoms with E-state index in [4.69, 9.17) is 16.7 Å². The first-order valence-corrected chi connectivity index (χ1v) is 8.36. The lowest BCUT2D eigenvalue weighted by molar-refractivity contribution is 0.281. The zero-order valence-corrected chi connectivity index (χ0v) is 13.6. The van der Waals surface area contributed by atoms with Crippen LogP contribution in [0.2, 0.25) is 5.02 Å². The highest BCUT2D eigenvalue weighted by molar-refractivity contribution is 9.10. The van der Waals surface area contributed by atoms with Gasteiger partial charge in [0.1, 0.15) is 10.7 Å². The second kappa shape index (κ2) is 6.31. The molecule has 0 bridgehead atoms. The van der Waals surface area contributed by atoms with Gasteiger partial charge in [-0.2, -0.15) is 0 Å². The summed E-state index contributed by atoms with van der Waals surface area (Å²) in [6.07, 6.45) is 0. The van der Waals surface area contributed by atoms with Crippen LogP contribution in [0.4, 0.5) is 10.1 Å². The zero-order valence-electron chi connectivity index (χ0n) is 10.5. The van der Waals surface area contributed by atoms with E-state index >= 15 is 0 Å². The van der Waals surface area contributed by atoms with E-state index in [2.05, 4.69) is 20.7 Å². The lowest BCUT2D eigenvalue weighted by Gasteiger charge is -2.12. The lowest BCUT2D eigenvalue weighted by Crippen LogP contribution is -2.15. The number of benzene rings is 2. The van der Waals surface area contributed by atoms with Crippen molar-refractivity contribution in [3.63, 3.8) is 0 Å². The van der Waals surface area contributed by atoms with Gasteiger partial charge >= 0.3 is 0 Å². The van der Waals surface area contributed by atoms with Crippen molar-refractivity contribution in [2.45, 2.75) is 11.5 Å². The number of aliphatic hydroxyl groups excluding tert-OH is 1. The standard InChI is InChI=1S/C13H10BrClFNO3S/c14-13-9(15)2-1-3-11(13)17-21(19,20)12-6-8(7-18)4-5-10(12)16/h1-6,17-18H,7H2. The first-order valence-electron chi connectivity index (χ1n) is 5.71. The van der Waals surface area contributed by atoms with Gasteiger partial charge < -0.3 is 5.11 Å². The highest BCUT2D eigenvalue weighted by Gasteiger charge is 2.21. The number of sulfonamides is 1. The number of aliphatic hydroxyl groups is 1. The van der Waals surface area contributed by atoms with Gasteiger partial charge in [-0.05, 0) is 45.8 Å². The second-order valence-corrected chi connectivity index (χ2v) is 6.98. The Morgan fingerprint density at radius 1 is 1.29 bits per heavy atom. The summed E-state index contributed by atoms with van der Waals surface area (Å²) in [5.41, 5.74) is 0.484. The molecule has 4 nitrogen and oxygen atoms in total. The van der Waals surface area contributed by atoms with E-state index in [0.29, 0.717) is 15.1 Å². The van der Waals surface area contributed by atoms with Gasteiger partial charge in [0.2, 0.25) is 0 Å². The molecular formula is C13H10BrClFNO3S. The van der Waals surface area contributed by atoms with Crippen molar-refractivity contribution in [1.82, 2.24) is 0 Å². The molecule has 0 spiro atoms. The fraction of sp³-hybridized carbons (Fsp3) is 0.0769. The average Bonchev–Trinajstić information content (AvgIpc) is 2.44. The lowest BCUT2D eigenvalue weighted by atomic mass is 10.2. The molecule has 0 aliphatic carbocycles. The van der Waals surface area contributed by atoms with Gasteiger partial charge in [-0.1, -0.05) is 23.7 Å². The Morgan fingerprint density at radius 2 is 2.00 bits per heavy atom. The van der Waals surface area contributed by atoms with Crippen LogP contribution in [-0.2, 0) is 16.6 Å². The molecule has 0 atom stereocenters. The van der Waals surface area contributed by atoms with Crippen LogP contribution in [0.25, 0.3) is 0 Å². The fourth-order valence-corrected chi connectivity index (χ4v) is 3.50. The minimum Gasteiger partial charge on any atom is -0.392 e. The molecular weight excluding hydrogens is 385 g/mol. The molecule has 0 saturated heterocycles. The van der Waals surface area contributed by atoms with Crippen molar-refractivity contribution in [2.75, 3.05) is 4.72 Å². The maximum absolute atomic E-state index is 13.7. The minimum atomic E-state index is -4.14. The minimum absolute atomic E-state index is 0.191. The Bertz CT molecular complexity index is 783. The van der Waals surface area contributed by atoms with Gasteiger partial charge in [0, 0.05) is 0 Å². The first kappa shape index (κ1) is 16.2. The van der Waals surface area contributed by atoms with E-state index < -0.39 is 20.7 Å². The molecule has 0 fully saturated rings. The molecule has 0 aliphatic heterocycles. The predicted octanol–water partition coefficient (Wildman–Crippen LogP) is 3.53. The van der Waals surface area contributed by atoms with E-state index in [1.165, 1.54) is 12.1 Å². The van der Waals surface area contributed by atoms with Gasteiger partial charge in [0.15, 0.2) is 0 Å². The smallest absolute Gasteiger partial charge is 0.264 e. The van der Waals surface area contributed by atoms with Crippen molar-refractivity contribution in [3.05, 3.63) is 57.3 Å². The van der Waals surface area contributed by atoms with Gasteiger partial charge in [0.05, 0.1) is 21.8 Å². The number of rotatable bonds is 4. The topological polar surface area (TPSA) is 66.4 Å². The van der Waals surface area contributed by atoms with Crippen molar-refractivity contribution >= 4 is 43.2 Å². The van der Waals surface area contributed by atoms with Crippen LogP contribution in [0.5, 0.6) is 0 Å². The van der Waals surface area contributed by atoms with Gasteiger partial charge in [-0.25, -0.2) is 12.8 Å². The summed E-state index contributed by atoms with van der Waals surface area (Å²) in [6, 6.07) is 8.01. The van der Waals surface area contributed by atoms with E-state index in [9.17, 15) is 12.8 Å². The predicted molar refractivity (Wildman–Crippen MR) is 82.3 cm³/mol. The summed E-state index contributed by atoms with van der Waals surface area (Å²) in [5, 5.41) is 9.35. The Labute approximate surface area is 134 Å². The van der Waals surface area contributed by atoms with E-state index in [1.54, 1.807) is 12.1 Å². The van der Waals surface area contributed by atoms with Crippen molar-refractivity contribution < 1.29 is 17.9 Å². The second-order valence-electron chi connectivity index (χ2n) is 4.13. The number of hydrogen-bond donors (Lipinski definition) is 2. The molecule has 2 aromatic carbocycles. The summed E-state index contributed by atoms with van der Waals surface area (Å²) in [4.78, 5) is -0.541. The Balaban J connectivity index is 2.46. The Kier molecular flexibility index (Phi) is 4.88. The molecule has 0 radical (unpaired) electrons. The maximum atomic E-state index is 13.7. The van der Waals surface area contributed by atoms with E-state index in [1.807, 2.05) is 0 Å². The molecule has 0 saturated carbocycles. The third kappa shape index (κ3) is 3.55. The summed E-state index contributed by atoms with van der Waals surface area (Å²) in [7, 11) is -4.14. The average molecular weight is 395 g/mol. The number of hydrogen-bond acceptors (Lipinski definition) is 3. The molecule has 112 valence electrons. The molecule has 0 aliphatic rings. The number of nitrogens with one attached hydrogen (secondary N) is 1. The maximum Gasteiger partial charge on any atom is 0.264 e. The summed E-state index contributed by atoms with van der Waals surface area (Å²) < 4.78 is 40.9. The van der Waals surface area contributed by atoms with Crippen LogP contribution < -0.4 is 4.72 Å². The first-order chi connectivity index (χ1) is 9.85. The number of anilines is 1. The zero-order chi connectivity index (χ0) is 15.6. The van der Waals surface area contributed by atoms with Crippen molar-refractivity contribution in [2.24, 2.45) is 0 Å². The monoisotopic (exact) mass is 393 g/mol. The Hall–Kier alpha value is -1.15. The van der Waals surface area contributed by atoms with Gasteiger partial charge in [-0.15, -0.1) is 0 Å². The van der Waals surface area contributed by atoms with Crippen LogP contribution in [0.1, 0.15) is 5.56 Å². The fourth-order valence-electron chi connectivity index (χ4n) is 1.63. The van der Waals surface area contributed by atoms with Gasteiger partial charge in [0.25, 0.3) is 10.0 Å². The Morgan fingerprint density at radius 3 is 2.67 bits per heavy atom. The van der Waals surface area contributed by atoms with Crippen LogP contribution in [0, 0.1) is 5.82 Å². The summed E-state index contributed by atoms with van der Waals surface area (Å²) in [6.45, 7) is -0.385. The van der Waals surface area contributed by atoms with E-state index in [0.717, 1.165) is 12.1 Å². The summed E-state index contributed by atoms with van der Waals surface area (Å²) >= 11 is 9.04. The molecule has 2 N–H and O–H groups in total. The normalized spacial score (nSPS) is 11.4. The molecule has 0 aromatic heterocycles. The molecule has 2 rings (SSSR count). The largest absolute Gasteiger partial charge is 0.392 e. The van der Waals surface area contributed by atoms with Crippen LogP contribution in [0.3, 0.4) is 0 Å².